The van der Waals surface area contributed by atoms with E-state index in [4.69, 9.17) is 0 Å². The van der Waals surface area contributed by atoms with Crippen LogP contribution in [-0.4, -0.2) is 50.1 Å². The van der Waals surface area contributed by atoms with Crippen LogP contribution in [0, 0.1) is 10.8 Å². The summed E-state index contributed by atoms with van der Waals surface area (Å²) >= 11 is 0. The average Bonchev–Trinajstić information content (AvgIpc) is 2.22. The zero-order valence-electron chi connectivity index (χ0n) is 15.0. The highest BCUT2D eigenvalue weighted by Crippen LogP contribution is 2.40. The van der Waals surface area contributed by atoms with Gasteiger partial charge in [0.2, 0.25) is 0 Å². The molecule has 116 valence electrons. The fourth-order valence-corrected chi connectivity index (χ4v) is 3.29. The maximum Gasteiger partial charge on any atom is 0.0116 e. The molecule has 0 bridgehead atoms. The molecule has 1 atom stereocenters. The van der Waals surface area contributed by atoms with Crippen LogP contribution in [0.1, 0.15) is 60.8 Å². The quantitative estimate of drug-likeness (QED) is 0.622. The Morgan fingerprint density at radius 3 is 1.89 bits per heavy atom. The third kappa shape index (κ3) is 7.31. The molecular formula is C17H38N2. The summed E-state index contributed by atoms with van der Waals surface area (Å²) in [5, 5.41) is 0. The molecule has 2 heteroatoms. The van der Waals surface area contributed by atoms with Crippen molar-refractivity contribution in [1.29, 1.82) is 0 Å². The van der Waals surface area contributed by atoms with Gasteiger partial charge in [0.1, 0.15) is 0 Å². The fraction of sp³-hybridized carbons (Fsp3) is 1.00. The predicted octanol–water partition coefficient (Wildman–Crippen LogP) is 4.11. The van der Waals surface area contributed by atoms with Crippen LogP contribution in [0.3, 0.4) is 0 Å². The molecule has 0 aromatic rings. The summed E-state index contributed by atoms with van der Waals surface area (Å²) < 4.78 is 0. The second kappa shape index (κ2) is 7.64. The minimum atomic E-state index is 0.361. The largest absolute Gasteiger partial charge is 0.308 e. The second-order valence-corrected chi connectivity index (χ2v) is 8.04. The normalized spacial score (nSPS) is 15.3. The van der Waals surface area contributed by atoms with Gasteiger partial charge in [-0.2, -0.15) is 0 Å². The van der Waals surface area contributed by atoms with Crippen LogP contribution in [0.15, 0.2) is 0 Å². The molecule has 1 unspecified atom stereocenters. The number of hydrogen-bond donors (Lipinski definition) is 0. The maximum absolute atomic E-state index is 2.52. The first-order valence-corrected chi connectivity index (χ1v) is 7.87. The van der Waals surface area contributed by atoms with Gasteiger partial charge in [0.15, 0.2) is 0 Å². The van der Waals surface area contributed by atoms with Crippen molar-refractivity contribution in [2.24, 2.45) is 10.8 Å². The molecule has 0 rings (SSSR count). The standard InChI is InChI=1S/C17H38N2/c1-10-11-16(3,4)14-17(5,6)15(2)19(9)13-12-18(7)8/h15H,10-14H2,1-9H3. The zero-order valence-corrected chi connectivity index (χ0v) is 15.0. The van der Waals surface area contributed by atoms with Crippen molar-refractivity contribution < 1.29 is 0 Å². The molecule has 0 heterocycles. The lowest BCUT2D eigenvalue weighted by molar-refractivity contribution is 0.0703. The molecule has 0 radical (unpaired) electrons. The van der Waals surface area contributed by atoms with Gasteiger partial charge in [-0.1, -0.05) is 41.0 Å². The first-order valence-electron chi connectivity index (χ1n) is 7.87. The molecule has 0 aliphatic carbocycles. The molecule has 0 saturated heterocycles. The summed E-state index contributed by atoms with van der Waals surface area (Å²) in [5.74, 6) is 0. The van der Waals surface area contributed by atoms with Crippen molar-refractivity contribution >= 4 is 0 Å². The topological polar surface area (TPSA) is 6.48 Å². The molecule has 0 saturated carbocycles. The highest BCUT2D eigenvalue weighted by molar-refractivity contribution is 4.87. The molecule has 0 aromatic heterocycles. The van der Waals surface area contributed by atoms with E-state index in [1.165, 1.54) is 19.3 Å². The Bertz CT molecular complexity index is 244. The van der Waals surface area contributed by atoms with E-state index in [9.17, 15) is 0 Å². The first-order chi connectivity index (χ1) is 8.52. The van der Waals surface area contributed by atoms with E-state index in [2.05, 4.69) is 72.5 Å². The van der Waals surface area contributed by atoms with E-state index in [1.54, 1.807) is 0 Å². The number of likely N-dealkylation sites (N-methyl/N-ethyl adjacent to an activating group) is 2. The molecule has 0 aliphatic rings. The minimum absolute atomic E-state index is 0.361. The Hall–Kier alpha value is -0.0800. The summed E-state index contributed by atoms with van der Waals surface area (Å²) in [4.78, 5) is 4.78. The highest BCUT2D eigenvalue weighted by Gasteiger charge is 2.34. The van der Waals surface area contributed by atoms with Crippen LogP contribution in [0.5, 0.6) is 0 Å². The molecule has 0 amide bonds. The fourth-order valence-electron chi connectivity index (χ4n) is 3.29. The highest BCUT2D eigenvalue weighted by atomic mass is 15.2. The van der Waals surface area contributed by atoms with Crippen molar-refractivity contribution in [1.82, 2.24) is 9.80 Å². The number of nitrogens with zero attached hydrogens (tertiary/aromatic N) is 2. The molecule has 0 aromatic carbocycles. The van der Waals surface area contributed by atoms with E-state index in [-0.39, 0.29) is 0 Å². The second-order valence-electron chi connectivity index (χ2n) is 8.04. The lowest BCUT2D eigenvalue weighted by Crippen LogP contribution is -2.45. The van der Waals surface area contributed by atoms with Crippen LogP contribution < -0.4 is 0 Å². The molecular weight excluding hydrogens is 232 g/mol. The van der Waals surface area contributed by atoms with Gasteiger partial charge in [-0.25, -0.2) is 0 Å². The van der Waals surface area contributed by atoms with E-state index < -0.39 is 0 Å². The smallest absolute Gasteiger partial charge is 0.0116 e. The molecule has 19 heavy (non-hydrogen) atoms. The van der Waals surface area contributed by atoms with Crippen molar-refractivity contribution in [3.05, 3.63) is 0 Å². The van der Waals surface area contributed by atoms with E-state index >= 15 is 0 Å². The van der Waals surface area contributed by atoms with E-state index in [1.807, 2.05) is 0 Å². The van der Waals surface area contributed by atoms with Gasteiger partial charge in [0.25, 0.3) is 0 Å². The van der Waals surface area contributed by atoms with Crippen LogP contribution in [0.4, 0.5) is 0 Å². The predicted molar refractivity (Wildman–Crippen MR) is 87.7 cm³/mol. The van der Waals surface area contributed by atoms with Crippen molar-refractivity contribution in [3.63, 3.8) is 0 Å². The summed E-state index contributed by atoms with van der Waals surface area (Å²) in [6.07, 6.45) is 3.90. The third-order valence-corrected chi connectivity index (χ3v) is 4.55. The SMILES string of the molecule is CCCC(C)(C)CC(C)(C)C(C)N(C)CCN(C)C. The van der Waals surface area contributed by atoms with Gasteiger partial charge in [0.05, 0.1) is 0 Å². The average molecular weight is 271 g/mol. The molecule has 0 spiro atoms. The van der Waals surface area contributed by atoms with Gasteiger partial charge < -0.3 is 9.80 Å². The van der Waals surface area contributed by atoms with Crippen molar-refractivity contribution in [2.75, 3.05) is 34.2 Å². The Balaban J connectivity index is 4.52. The van der Waals surface area contributed by atoms with E-state index in [0.29, 0.717) is 16.9 Å². The number of rotatable bonds is 9. The van der Waals surface area contributed by atoms with Gasteiger partial charge in [0, 0.05) is 19.1 Å². The summed E-state index contributed by atoms with van der Waals surface area (Å²) in [7, 11) is 6.56. The maximum atomic E-state index is 2.52. The molecule has 0 N–H and O–H groups in total. The lowest BCUT2D eigenvalue weighted by Gasteiger charge is -2.43. The Labute approximate surface area is 122 Å². The van der Waals surface area contributed by atoms with Crippen LogP contribution in [0.2, 0.25) is 0 Å². The molecule has 0 aliphatic heterocycles. The molecule has 2 nitrogen and oxygen atoms in total. The Morgan fingerprint density at radius 1 is 0.947 bits per heavy atom. The van der Waals surface area contributed by atoms with Gasteiger partial charge >= 0.3 is 0 Å². The van der Waals surface area contributed by atoms with Gasteiger partial charge in [-0.05, 0) is 51.7 Å². The number of hydrogen-bond acceptors (Lipinski definition) is 2. The summed E-state index contributed by atoms with van der Waals surface area (Å²) in [5.41, 5.74) is 0.814. The molecule has 0 fully saturated rings. The Kier molecular flexibility index (Phi) is 7.60. The lowest BCUT2D eigenvalue weighted by atomic mass is 9.69. The van der Waals surface area contributed by atoms with Crippen LogP contribution in [0.25, 0.3) is 0 Å². The third-order valence-electron chi connectivity index (χ3n) is 4.55. The van der Waals surface area contributed by atoms with Crippen molar-refractivity contribution in [3.8, 4) is 0 Å². The summed E-state index contributed by atoms with van der Waals surface area (Å²) in [6.45, 7) is 16.7. The van der Waals surface area contributed by atoms with Gasteiger partial charge in [-0.3, -0.25) is 0 Å². The summed E-state index contributed by atoms with van der Waals surface area (Å²) in [6, 6.07) is 0.614. The first kappa shape index (κ1) is 18.9. The minimum Gasteiger partial charge on any atom is -0.308 e. The van der Waals surface area contributed by atoms with Crippen LogP contribution in [-0.2, 0) is 0 Å². The van der Waals surface area contributed by atoms with Gasteiger partial charge in [-0.15, -0.1) is 0 Å². The Morgan fingerprint density at radius 2 is 1.47 bits per heavy atom. The van der Waals surface area contributed by atoms with E-state index in [0.717, 1.165) is 13.1 Å². The zero-order chi connectivity index (χ0) is 15.3. The van der Waals surface area contributed by atoms with Crippen molar-refractivity contribution in [2.45, 2.75) is 66.8 Å². The van der Waals surface area contributed by atoms with Crippen LogP contribution >= 0.6 is 0 Å². The monoisotopic (exact) mass is 270 g/mol.